The Kier molecular flexibility index (Phi) is 2.85. The molecule has 1 fully saturated rings. The van der Waals surface area contributed by atoms with E-state index in [0.29, 0.717) is 26.2 Å². The Balaban J connectivity index is 2.40. The maximum atomic E-state index is 11.1. The van der Waals surface area contributed by atoms with E-state index in [1.165, 1.54) is 6.08 Å². The molecule has 0 N–H and O–H groups in total. The molecule has 0 aromatic heterocycles. The van der Waals surface area contributed by atoms with Crippen LogP contribution in [0.5, 0.6) is 0 Å². The number of carbonyl (C=O) groups is 2. The normalized spacial score (nSPS) is 17.3. The van der Waals surface area contributed by atoms with E-state index in [-0.39, 0.29) is 5.91 Å². The van der Waals surface area contributed by atoms with Crippen molar-refractivity contribution in [3.63, 3.8) is 0 Å². The zero-order chi connectivity index (χ0) is 8.97. The highest BCUT2D eigenvalue weighted by molar-refractivity contribution is 5.87. The van der Waals surface area contributed by atoms with Crippen molar-refractivity contribution in [3.05, 3.63) is 12.7 Å². The highest BCUT2D eigenvalue weighted by atomic mass is 16.2. The lowest BCUT2D eigenvalue weighted by Crippen LogP contribution is -2.47. The van der Waals surface area contributed by atoms with Crippen molar-refractivity contribution < 1.29 is 9.59 Å². The molecule has 1 rings (SSSR count). The second-order valence-electron chi connectivity index (χ2n) is 2.67. The zero-order valence-corrected chi connectivity index (χ0v) is 6.90. The first-order valence-corrected chi connectivity index (χ1v) is 3.88. The van der Waals surface area contributed by atoms with Gasteiger partial charge in [-0.1, -0.05) is 6.58 Å². The summed E-state index contributed by atoms with van der Waals surface area (Å²) in [5, 5.41) is 0. The molecule has 66 valence electrons. The summed E-state index contributed by atoms with van der Waals surface area (Å²) in [5.41, 5.74) is 0. The number of rotatable bonds is 2. The van der Waals surface area contributed by atoms with E-state index in [0.717, 1.165) is 6.41 Å². The lowest BCUT2D eigenvalue weighted by molar-refractivity contribution is -0.130. The van der Waals surface area contributed by atoms with E-state index >= 15 is 0 Å². The highest BCUT2D eigenvalue weighted by Crippen LogP contribution is 1.99. The van der Waals surface area contributed by atoms with Gasteiger partial charge < -0.3 is 9.80 Å². The van der Waals surface area contributed by atoms with E-state index in [1.54, 1.807) is 9.80 Å². The van der Waals surface area contributed by atoms with E-state index in [2.05, 4.69) is 6.58 Å². The van der Waals surface area contributed by atoms with E-state index in [9.17, 15) is 9.59 Å². The summed E-state index contributed by atoms with van der Waals surface area (Å²) in [6.07, 6.45) is 2.12. The predicted octanol–water partition coefficient (Wildman–Crippen LogP) is -0.527. The van der Waals surface area contributed by atoms with Crippen LogP contribution in [-0.2, 0) is 9.59 Å². The van der Waals surface area contributed by atoms with Crippen LogP contribution in [0.4, 0.5) is 0 Å². The van der Waals surface area contributed by atoms with Crippen LogP contribution in [0.25, 0.3) is 0 Å². The third kappa shape index (κ3) is 1.84. The van der Waals surface area contributed by atoms with Crippen LogP contribution in [-0.4, -0.2) is 48.3 Å². The summed E-state index contributed by atoms with van der Waals surface area (Å²) in [5.74, 6) is -0.0550. The largest absolute Gasteiger partial charge is 0.342 e. The molecular formula is C8H12N2O2. The molecule has 1 heterocycles. The molecule has 4 heteroatoms. The Morgan fingerprint density at radius 2 is 1.83 bits per heavy atom. The molecule has 1 saturated heterocycles. The molecule has 12 heavy (non-hydrogen) atoms. The van der Waals surface area contributed by atoms with Crippen molar-refractivity contribution in [2.75, 3.05) is 26.2 Å². The lowest BCUT2D eigenvalue weighted by atomic mass is 10.3. The van der Waals surface area contributed by atoms with Gasteiger partial charge in [0.1, 0.15) is 0 Å². The minimum absolute atomic E-state index is 0.0550. The van der Waals surface area contributed by atoms with Crippen LogP contribution in [0.3, 0.4) is 0 Å². The Labute approximate surface area is 71.4 Å². The molecule has 0 aromatic rings. The van der Waals surface area contributed by atoms with Gasteiger partial charge in [-0.25, -0.2) is 0 Å². The molecule has 0 aliphatic carbocycles. The fourth-order valence-electron chi connectivity index (χ4n) is 1.18. The van der Waals surface area contributed by atoms with E-state index < -0.39 is 0 Å². The molecule has 0 radical (unpaired) electrons. The number of carbonyl (C=O) groups excluding carboxylic acids is 2. The minimum Gasteiger partial charge on any atom is -0.342 e. The first-order valence-electron chi connectivity index (χ1n) is 3.88. The summed E-state index contributed by atoms with van der Waals surface area (Å²) in [6, 6.07) is 0. The van der Waals surface area contributed by atoms with Crippen molar-refractivity contribution in [2.24, 2.45) is 0 Å². The Hall–Kier alpha value is -1.32. The molecule has 0 atom stereocenters. The maximum absolute atomic E-state index is 11.1. The molecular weight excluding hydrogens is 156 g/mol. The molecule has 0 bridgehead atoms. The summed E-state index contributed by atoms with van der Waals surface area (Å²) < 4.78 is 0. The molecule has 0 spiro atoms. The smallest absolute Gasteiger partial charge is 0.246 e. The number of nitrogens with zero attached hydrogens (tertiary/aromatic N) is 2. The van der Waals surface area contributed by atoms with Gasteiger partial charge in [0.2, 0.25) is 12.3 Å². The molecule has 4 nitrogen and oxygen atoms in total. The van der Waals surface area contributed by atoms with Gasteiger partial charge in [-0.15, -0.1) is 0 Å². The Bertz CT molecular complexity index is 195. The predicted molar refractivity (Wildman–Crippen MR) is 44.4 cm³/mol. The summed E-state index contributed by atoms with van der Waals surface area (Å²) in [4.78, 5) is 24.7. The Morgan fingerprint density at radius 1 is 1.25 bits per heavy atom. The van der Waals surface area contributed by atoms with Gasteiger partial charge >= 0.3 is 0 Å². The molecule has 2 amide bonds. The van der Waals surface area contributed by atoms with Crippen LogP contribution < -0.4 is 0 Å². The first-order chi connectivity index (χ1) is 5.77. The van der Waals surface area contributed by atoms with Crippen LogP contribution in [0.2, 0.25) is 0 Å². The van der Waals surface area contributed by atoms with Crippen LogP contribution >= 0.6 is 0 Å². The van der Waals surface area contributed by atoms with Crippen molar-refractivity contribution in [1.29, 1.82) is 0 Å². The van der Waals surface area contributed by atoms with Gasteiger partial charge in [-0.2, -0.15) is 0 Å². The molecule has 1 aliphatic rings. The van der Waals surface area contributed by atoms with Crippen molar-refractivity contribution in [3.8, 4) is 0 Å². The number of hydrogen-bond acceptors (Lipinski definition) is 2. The monoisotopic (exact) mass is 168 g/mol. The van der Waals surface area contributed by atoms with Crippen molar-refractivity contribution in [2.45, 2.75) is 0 Å². The van der Waals surface area contributed by atoms with Gasteiger partial charge in [-0.3, -0.25) is 9.59 Å². The van der Waals surface area contributed by atoms with Crippen LogP contribution in [0.1, 0.15) is 0 Å². The van der Waals surface area contributed by atoms with Gasteiger partial charge in [0.05, 0.1) is 0 Å². The van der Waals surface area contributed by atoms with Crippen LogP contribution in [0.15, 0.2) is 12.7 Å². The fourth-order valence-corrected chi connectivity index (χ4v) is 1.18. The standard InChI is InChI=1S/C8H12N2O2/c1-2-8(12)10-5-3-9(7-11)4-6-10/h2,7H,1,3-6H2. The van der Waals surface area contributed by atoms with Gasteiger partial charge in [-0.05, 0) is 6.08 Å². The van der Waals surface area contributed by atoms with Crippen molar-refractivity contribution in [1.82, 2.24) is 9.80 Å². The first kappa shape index (κ1) is 8.77. The summed E-state index contributed by atoms with van der Waals surface area (Å²) in [7, 11) is 0. The van der Waals surface area contributed by atoms with E-state index in [4.69, 9.17) is 0 Å². The Morgan fingerprint density at radius 3 is 2.25 bits per heavy atom. The summed E-state index contributed by atoms with van der Waals surface area (Å²) >= 11 is 0. The summed E-state index contributed by atoms with van der Waals surface area (Å²) in [6.45, 7) is 5.89. The minimum atomic E-state index is -0.0550. The van der Waals surface area contributed by atoms with Crippen LogP contribution in [0, 0.1) is 0 Å². The lowest BCUT2D eigenvalue weighted by Gasteiger charge is -2.31. The second kappa shape index (κ2) is 3.90. The molecule has 0 unspecified atom stereocenters. The quantitative estimate of drug-likeness (QED) is 0.411. The SMILES string of the molecule is C=CC(=O)N1CCN(C=O)CC1. The fraction of sp³-hybridized carbons (Fsp3) is 0.500. The van der Waals surface area contributed by atoms with Gasteiger partial charge in [0.15, 0.2) is 0 Å². The zero-order valence-electron chi connectivity index (χ0n) is 6.90. The molecule has 0 saturated carbocycles. The number of hydrogen-bond donors (Lipinski definition) is 0. The third-order valence-corrected chi connectivity index (χ3v) is 1.95. The van der Waals surface area contributed by atoms with Crippen molar-refractivity contribution >= 4 is 12.3 Å². The van der Waals surface area contributed by atoms with Gasteiger partial charge in [0, 0.05) is 26.2 Å². The maximum Gasteiger partial charge on any atom is 0.246 e. The highest BCUT2D eigenvalue weighted by Gasteiger charge is 2.17. The third-order valence-electron chi connectivity index (χ3n) is 1.95. The average Bonchev–Trinajstić information content (AvgIpc) is 2.17. The second-order valence-corrected chi connectivity index (χ2v) is 2.67. The molecule has 0 aromatic carbocycles. The van der Waals surface area contributed by atoms with E-state index in [1.807, 2.05) is 0 Å². The number of amides is 2. The topological polar surface area (TPSA) is 40.6 Å². The van der Waals surface area contributed by atoms with Gasteiger partial charge in [0.25, 0.3) is 0 Å². The average molecular weight is 168 g/mol. The number of piperazine rings is 1. The molecule has 1 aliphatic heterocycles.